The number of nitrogens with two attached hydrogens (primary N) is 1. The second-order valence-corrected chi connectivity index (χ2v) is 4.19. The van der Waals surface area contributed by atoms with Crippen molar-refractivity contribution in [2.45, 2.75) is 0 Å². The van der Waals surface area contributed by atoms with Crippen LogP contribution >= 0.6 is 23.8 Å². The number of nitrogens with zero attached hydrogens (tertiary/aromatic N) is 3. The number of nitro benzene ring substituents is 1. The van der Waals surface area contributed by atoms with Gasteiger partial charge in [-0.15, -0.1) is 0 Å². The van der Waals surface area contributed by atoms with E-state index in [0.29, 0.717) is 16.0 Å². The van der Waals surface area contributed by atoms with Crippen molar-refractivity contribution < 1.29 is 4.92 Å². The van der Waals surface area contributed by atoms with Gasteiger partial charge in [-0.05, 0) is 12.1 Å². The van der Waals surface area contributed by atoms with Crippen molar-refractivity contribution in [3.63, 3.8) is 0 Å². The SMILES string of the molecule is Nc1cc(Cl)nn(-c2ccc([N+](=O)[O-])cc2)c1=S. The third-order valence-corrected chi connectivity index (χ3v) is 2.81. The molecule has 0 bridgehead atoms. The lowest BCUT2D eigenvalue weighted by Gasteiger charge is -2.07. The third kappa shape index (κ3) is 2.31. The van der Waals surface area contributed by atoms with Gasteiger partial charge >= 0.3 is 0 Å². The summed E-state index contributed by atoms with van der Waals surface area (Å²) in [5, 5.41) is 14.7. The number of hydrogen-bond acceptors (Lipinski definition) is 5. The maximum atomic E-state index is 10.5. The standard InChI is InChI=1S/C10H7ClN4O2S/c11-9-5-8(12)10(18)14(13-9)6-1-3-7(4-2-6)15(16)17/h1-5H,12H2. The molecule has 0 saturated heterocycles. The van der Waals surface area contributed by atoms with Crippen LogP contribution in [0.15, 0.2) is 30.3 Å². The van der Waals surface area contributed by atoms with Crippen LogP contribution in [0, 0.1) is 14.8 Å². The van der Waals surface area contributed by atoms with E-state index in [-0.39, 0.29) is 10.8 Å². The lowest BCUT2D eigenvalue weighted by atomic mass is 10.3. The smallest absolute Gasteiger partial charge is 0.269 e. The zero-order valence-electron chi connectivity index (χ0n) is 8.91. The molecule has 1 aromatic heterocycles. The molecule has 2 rings (SSSR count). The lowest BCUT2D eigenvalue weighted by Crippen LogP contribution is -2.05. The molecule has 2 aromatic rings. The minimum atomic E-state index is -0.483. The van der Waals surface area contributed by atoms with E-state index >= 15 is 0 Å². The fourth-order valence-electron chi connectivity index (χ4n) is 1.37. The fraction of sp³-hybridized carbons (Fsp3) is 0. The highest BCUT2D eigenvalue weighted by Gasteiger charge is 2.07. The largest absolute Gasteiger partial charge is 0.396 e. The van der Waals surface area contributed by atoms with Gasteiger partial charge in [-0.2, -0.15) is 5.10 Å². The molecule has 18 heavy (non-hydrogen) atoms. The quantitative estimate of drug-likeness (QED) is 0.520. The molecule has 0 saturated carbocycles. The zero-order valence-corrected chi connectivity index (χ0v) is 10.5. The van der Waals surface area contributed by atoms with Crippen LogP contribution in [-0.4, -0.2) is 14.7 Å². The van der Waals surface area contributed by atoms with Gasteiger partial charge in [-0.3, -0.25) is 10.1 Å². The van der Waals surface area contributed by atoms with Crippen LogP contribution < -0.4 is 5.73 Å². The summed E-state index contributed by atoms with van der Waals surface area (Å²) in [5.41, 5.74) is 6.54. The molecule has 0 amide bonds. The Kier molecular flexibility index (Phi) is 3.26. The normalized spacial score (nSPS) is 10.3. The van der Waals surface area contributed by atoms with Gasteiger partial charge in [0.15, 0.2) is 9.79 Å². The van der Waals surface area contributed by atoms with Crippen molar-refractivity contribution in [1.29, 1.82) is 0 Å². The first-order chi connectivity index (χ1) is 8.49. The molecule has 0 aliphatic heterocycles. The van der Waals surface area contributed by atoms with Crippen molar-refractivity contribution in [3.05, 3.63) is 50.2 Å². The number of nitrogen functional groups attached to an aromatic ring is 1. The summed E-state index contributed by atoms with van der Waals surface area (Å²) >= 11 is 10.9. The van der Waals surface area contributed by atoms with Crippen LogP contribution in [0.2, 0.25) is 5.15 Å². The molecule has 8 heteroatoms. The monoisotopic (exact) mass is 282 g/mol. The van der Waals surface area contributed by atoms with Gasteiger partial charge in [0.25, 0.3) is 5.69 Å². The van der Waals surface area contributed by atoms with Crippen LogP contribution in [-0.2, 0) is 0 Å². The highest BCUT2D eigenvalue weighted by molar-refractivity contribution is 7.71. The van der Waals surface area contributed by atoms with Crippen molar-refractivity contribution in [3.8, 4) is 5.69 Å². The van der Waals surface area contributed by atoms with E-state index in [0.717, 1.165) is 0 Å². The van der Waals surface area contributed by atoms with Gasteiger partial charge in [0.05, 0.1) is 16.3 Å². The number of rotatable bonds is 2. The summed E-state index contributed by atoms with van der Waals surface area (Å²) in [6.07, 6.45) is 0. The molecule has 0 radical (unpaired) electrons. The first-order valence-electron chi connectivity index (χ1n) is 4.79. The molecule has 0 spiro atoms. The molecule has 2 N–H and O–H groups in total. The van der Waals surface area contributed by atoms with Crippen molar-refractivity contribution in [2.24, 2.45) is 0 Å². The summed E-state index contributed by atoms with van der Waals surface area (Å²) in [7, 11) is 0. The van der Waals surface area contributed by atoms with Gasteiger partial charge in [0, 0.05) is 18.2 Å². The summed E-state index contributed by atoms with van der Waals surface area (Å²) in [5.74, 6) is 0. The first-order valence-corrected chi connectivity index (χ1v) is 5.58. The molecule has 0 atom stereocenters. The Morgan fingerprint density at radius 1 is 1.39 bits per heavy atom. The Bertz CT molecular complexity index is 669. The van der Waals surface area contributed by atoms with Gasteiger partial charge in [0.1, 0.15) is 0 Å². The summed E-state index contributed by atoms with van der Waals surface area (Å²) < 4.78 is 1.66. The first kappa shape index (κ1) is 12.5. The molecular weight excluding hydrogens is 276 g/mol. The fourth-order valence-corrected chi connectivity index (χ4v) is 1.77. The van der Waals surface area contributed by atoms with Crippen LogP contribution in [0.1, 0.15) is 0 Å². The summed E-state index contributed by atoms with van der Waals surface area (Å²) in [4.78, 5) is 10.1. The Morgan fingerprint density at radius 2 is 2.00 bits per heavy atom. The Morgan fingerprint density at radius 3 is 2.56 bits per heavy atom. The molecule has 0 fully saturated rings. The summed E-state index contributed by atoms with van der Waals surface area (Å²) in [6, 6.07) is 7.21. The van der Waals surface area contributed by atoms with E-state index in [1.54, 1.807) is 0 Å². The number of nitro groups is 1. The van der Waals surface area contributed by atoms with Gasteiger partial charge < -0.3 is 5.73 Å². The van der Waals surface area contributed by atoms with Gasteiger partial charge in [-0.25, -0.2) is 4.68 Å². The molecule has 0 unspecified atom stereocenters. The predicted molar refractivity (Wildman–Crippen MR) is 70.5 cm³/mol. The van der Waals surface area contributed by atoms with Crippen molar-refractivity contribution >= 4 is 35.2 Å². The predicted octanol–water partition coefficient (Wildman–Crippen LogP) is 2.75. The number of anilines is 1. The van der Waals surface area contributed by atoms with E-state index < -0.39 is 4.92 Å². The second kappa shape index (κ2) is 4.71. The van der Waals surface area contributed by atoms with Crippen molar-refractivity contribution in [1.82, 2.24) is 9.78 Å². The number of benzene rings is 1. The molecule has 92 valence electrons. The van der Waals surface area contributed by atoms with Crippen molar-refractivity contribution in [2.75, 3.05) is 5.73 Å². The number of hydrogen-bond donors (Lipinski definition) is 1. The number of halogens is 1. The number of aromatic nitrogens is 2. The van der Waals surface area contributed by atoms with E-state index in [4.69, 9.17) is 29.6 Å². The molecule has 0 aliphatic carbocycles. The van der Waals surface area contributed by atoms with E-state index in [2.05, 4.69) is 5.10 Å². The maximum absolute atomic E-state index is 10.5. The molecule has 0 aliphatic rings. The Labute approximate surface area is 112 Å². The van der Waals surface area contributed by atoms with Gasteiger partial charge in [-0.1, -0.05) is 23.8 Å². The Balaban J connectivity index is 2.56. The lowest BCUT2D eigenvalue weighted by molar-refractivity contribution is -0.384. The zero-order chi connectivity index (χ0) is 13.3. The summed E-state index contributed by atoms with van der Waals surface area (Å²) in [6.45, 7) is 0. The highest BCUT2D eigenvalue weighted by Crippen LogP contribution is 2.18. The number of non-ortho nitro benzene ring substituents is 1. The minimum absolute atomic E-state index is 0.0136. The molecule has 6 nitrogen and oxygen atoms in total. The minimum Gasteiger partial charge on any atom is -0.396 e. The third-order valence-electron chi connectivity index (χ3n) is 2.21. The maximum Gasteiger partial charge on any atom is 0.269 e. The Hall–Kier alpha value is -1.99. The van der Waals surface area contributed by atoms with Gasteiger partial charge in [0.2, 0.25) is 0 Å². The molecular formula is C10H7ClN4O2S. The van der Waals surface area contributed by atoms with E-state index in [1.165, 1.54) is 35.0 Å². The van der Waals surface area contributed by atoms with Crippen LogP contribution in [0.5, 0.6) is 0 Å². The van der Waals surface area contributed by atoms with Crippen LogP contribution in [0.25, 0.3) is 5.69 Å². The molecule has 1 aromatic carbocycles. The average Bonchev–Trinajstić information content (AvgIpc) is 2.34. The van der Waals surface area contributed by atoms with E-state index in [9.17, 15) is 10.1 Å². The topological polar surface area (TPSA) is 87.0 Å². The molecule has 1 heterocycles. The van der Waals surface area contributed by atoms with Crippen LogP contribution in [0.3, 0.4) is 0 Å². The highest BCUT2D eigenvalue weighted by atomic mass is 35.5. The van der Waals surface area contributed by atoms with Crippen LogP contribution in [0.4, 0.5) is 11.4 Å². The average molecular weight is 283 g/mol. The van der Waals surface area contributed by atoms with E-state index in [1.807, 2.05) is 0 Å². The second-order valence-electron chi connectivity index (χ2n) is 3.41.